The summed E-state index contributed by atoms with van der Waals surface area (Å²) in [7, 11) is 0. The molecule has 18 heavy (non-hydrogen) atoms. The molecule has 1 atom stereocenters. The number of nitrogens with one attached hydrogen (secondary N) is 1. The second-order valence-electron chi connectivity index (χ2n) is 5.23. The molecule has 102 valence electrons. The van der Waals surface area contributed by atoms with Crippen LogP contribution < -0.4 is 5.32 Å². The van der Waals surface area contributed by atoms with Gasteiger partial charge in [-0.1, -0.05) is 32.8 Å². The summed E-state index contributed by atoms with van der Waals surface area (Å²) in [5, 5.41) is 3.27. The molecule has 0 spiro atoms. The van der Waals surface area contributed by atoms with Crippen LogP contribution >= 0.6 is 0 Å². The molecule has 1 aromatic rings. The molecule has 1 N–H and O–H groups in total. The maximum atomic E-state index is 13.5. The van der Waals surface area contributed by atoms with Crippen LogP contribution in [0.25, 0.3) is 0 Å². The van der Waals surface area contributed by atoms with E-state index in [4.69, 9.17) is 0 Å². The summed E-state index contributed by atoms with van der Waals surface area (Å²) in [6, 6.07) is 3.67. The van der Waals surface area contributed by atoms with Gasteiger partial charge >= 0.3 is 0 Å². The van der Waals surface area contributed by atoms with E-state index in [9.17, 15) is 8.78 Å². The van der Waals surface area contributed by atoms with Gasteiger partial charge < -0.3 is 5.32 Å². The van der Waals surface area contributed by atoms with Crippen LogP contribution in [-0.4, -0.2) is 6.54 Å². The smallest absolute Gasteiger partial charge is 0.130 e. The average molecular weight is 255 g/mol. The highest BCUT2D eigenvalue weighted by molar-refractivity contribution is 5.21. The van der Waals surface area contributed by atoms with E-state index in [2.05, 4.69) is 19.2 Å². The average Bonchev–Trinajstić information content (AvgIpc) is 2.27. The Hall–Kier alpha value is -0.960. The molecule has 0 aromatic heterocycles. The first-order valence-corrected chi connectivity index (χ1v) is 6.69. The highest BCUT2D eigenvalue weighted by atomic mass is 19.1. The Morgan fingerprint density at radius 2 is 1.83 bits per heavy atom. The van der Waals surface area contributed by atoms with Gasteiger partial charge in [0.2, 0.25) is 0 Å². The second kappa shape index (κ2) is 7.47. The number of hydrogen-bond acceptors (Lipinski definition) is 1. The Bertz CT molecular complexity index is 364. The van der Waals surface area contributed by atoms with E-state index >= 15 is 0 Å². The Morgan fingerprint density at radius 1 is 1.11 bits per heavy atom. The summed E-state index contributed by atoms with van der Waals surface area (Å²) < 4.78 is 26.3. The number of benzene rings is 1. The molecule has 0 heterocycles. The van der Waals surface area contributed by atoms with E-state index in [0.717, 1.165) is 24.9 Å². The summed E-state index contributed by atoms with van der Waals surface area (Å²) in [6.07, 6.45) is 3.50. The molecule has 0 aliphatic rings. The third-order valence-electron chi connectivity index (χ3n) is 3.09. The van der Waals surface area contributed by atoms with Crippen LogP contribution in [0.15, 0.2) is 18.2 Å². The molecule has 0 saturated heterocycles. The highest BCUT2D eigenvalue weighted by Gasteiger charge is 2.10. The Balaban J connectivity index is 2.34. The largest absolute Gasteiger partial charge is 0.310 e. The first-order valence-electron chi connectivity index (χ1n) is 6.69. The number of hydrogen-bond donors (Lipinski definition) is 1. The molecule has 1 aromatic carbocycles. The number of halogens is 2. The molecule has 0 bridgehead atoms. The van der Waals surface area contributed by atoms with Gasteiger partial charge in [-0.2, -0.15) is 0 Å². The maximum Gasteiger partial charge on any atom is 0.130 e. The predicted molar refractivity (Wildman–Crippen MR) is 71.5 cm³/mol. The lowest BCUT2D eigenvalue weighted by atomic mass is 10.1. The van der Waals surface area contributed by atoms with Crippen molar-refractivity contribution in [2.75, 3.05) is 6.54 Å². The number of rotatable bonds is 7. The summed E-state index contributed by atoms with van der Waals surface area (Å²) >= 11 is 0. The van der Waals surface area contributed by atoms with Gasteiger partial charge in [0.1, 0.15) is 11.6 Å². The van der Waals surface area contributed by atoms with E-state index in [-0.39, 0.29) is 6.04 Å². The summed E-state index contributed by atoms with van der Waals surface area (Å²) in [5.74, 6) is -0.269. The minimum Gasteiger partial charge on any atom is -0.310 e. The topological polar surface area (TPSA) is 12.0 Å². The Kier molecular flexibility index (Phi) is 6.27. The van der Waals surface area contributed by atoms with Gasteiger partial charge in [-0.3, -0.25) is 0 Å². The van der Waals surface area contributed by atoms with Crippen LogP contribution in [0.4, 0.5) is 8.78 Å². The third-order valence-corrected chi connectivity index (χ3v) is 3.09. The standard InChI is InChI=1S/C15H23F2N/c1-11(2)6-4-5-9-18-12(3)14-8-7-13(16)10-15(14)17/h7-8,10-12,18H,4-6,9H2,1-3H3. The van der Waals surface area contributed by atoms with Gasteiger partial charge in [-0.05, 0) is 31.9 Å². The monoisotopic (exact) mass is 255 g/mol. The van der Waals surface area contributed by atoms with Crippen LogP contribution in [0.1, 0.15) is 51.6 Å². The van der Waals surface area contributed by atoms with Crippen molar-refractivity contribution in [3.05, 3.63) is 35.4 Å². The fourth-order valence-electron chi connectivity index (χ4n) is 1.96. The quantitative estimate of drug-likeness (QED) is 0.710. The van der Waals surface area contributed by atoms with Gasteiger partial charge in [0.15, 0.2) is 0 Å². The van der Waals surface area contributed by atoms with Crippen molar-refractivity contribution in [2.45, 2.75) is 46.1 Å². The molecule has 3 heteroatoms. The molecule has 0 fully saturated rings. The van der Waals surface area contributed by atoms with Crippen LogP contribution in [0.3, 0.4) is 0 Å². The molecule has 0 radical (unpaired) electrons. The first kappa shape index (κ1) is 15.1. The molecular formula is C15H23F2N. The Morgan fingerprint density at radius 3 is 2.44 bits per heavy atom. The lowest BCUT2D eigenvalue weighted by Crippen LogP contribution is -2.21. The van der Waals surface area contributed by atoms with Gasteiger partial charge in [0, 0.05) is 17.7 Å². The predicted octanol–water partition coefficient (Wildman–Crippen LogP) is 4.44. The second-order valence-corrected chi connectivity index (χ2v) is 5.23. The Labute approximate surface area is 109 Å². The van der Waals surface area contributed by atoms with E-state index < -0.39 is 11.6 Å². The van der Waals surface area contributed by atoms with E-state index in [1.165, 1.54) is 25.0 Å². The van der Waals surface area contributed by atoms with E-state index in [0.29, 0.717) is 5.56 Å². The van der Waals surface area contributed by atoms with Gasteiger partial charge in [-0.25, -0.2) is 8.78 Å². The van der Waals surface area contributed by atoms with Crippen molar-refractivity contribution in [3.63, 3.8) is 0 Å². The highest BCUT2D eigenvalue weighted by Crippen LogP contribution is 2.17. The zero-order chi connectivity index (χ0) is 13.5. The lowest BCUT2D eigenvalue weighted by Gasteiger charge is -2.15. The van der Waals surface area contributed by atoms with Crippen molar-refractivity contribution in [1.82, 2.24) is 5.32 Å². The molecule has 0 amide bonds. The van der Waals surface area contributed by atoms with Gasteiger partial charge in [-0.15, -0.1) is 0 Å². The molecule has 1 nitrogen and oxygen atoms in total. The SMILES string of the molecule is CC(C)CCCCNC(C)c1ccc(F)cc1F. The van der Waals surface area contributed by atoms with Crippen molar-refractivity contribution >= 4 is 0 Å². The molecule has 0 saturated carbocycles. The van der Waals surface area contributed by atoms with Crippen molar-refractivity contribution in [2.24, 2.45) is 5.92 Å². The van der Waals surface area contributed by atoms with Crippen molar-refractivity contribution in [1.29, 1.82) is 0 Å². The summed E-state index contributed by atoms with van der Waals surface area (Å²) in [6.45, 7) is 7.19. The third kappa shape index (κ3) is 5.13. The van der Waals surface area contributed by atoms with Crippen LogP contribution in [0.5, 0.6) is 0 Å². The minimum atomic E-state index is -0.527. The molecule has 0 aliphatic heterocycles. The molecular weight excluding hydrogens is 232 g/mol. The van der Waals surface area contributed by atoms with Gasteiger partial charge in [0.25, 0.3) is 0 Å². The van der Waals surface area contributed by atoms with E-state index in [1.54, 1.807) is 0 Å². The zero-order valence-corrected chi connectivity index (χ0v) is 11.5. The van der Waals surface area contributed by atoms with Crippen LogP contribution in [-0.2, 0) is 0 Å². The van der Waals surface area contributed by atoms with Crippen molar-refractivity contribution in [3.8, 4) is 0 Å². The maximum absolute atomic E-state index is 13.5. The van der Waals surface area contributed by atoms with Crippen LogP contribution in [0.2, 0.25) is 0 Å². The fourth-order valence-corrected chi connectivity index (χ4v) is 1.96. The minimum absolute atomic E-state index is 0.0790. The summed E-state index contributed by atoms with van der Waals surface area (Å²) in [4.78, 5) is 0. The molecule has 0 aliphatic carbocycles. The van der Waals surface area contributed by atoms with Crippen LogP contribution in [0, 0.1) is 17.6 Å². The lowest BCUT2D eigenvalue weighted by molar-refractivity contribution is 0.484. The summed E-state index contributed by atoms with van der Waals surface area (Å²) in [5.41, 5.74) is 0.528. The first-order chi connectivity index (χ1) is 8.50. The van der Waals surface area contributed by atoms with Gasteiger partial charge in [0.05, 0.1) is 0 Å². The zero-order valence-electron chi connectivity index (χ0n) is 11.5. The fraction of sp³-hybridized carbons (Fsp3) is 0.600. The number of unbranched alkanes of at least 4 members (excludes halogenated alkanes) is 1. The molecule has 1 rings (SSSR count). The normalized spacial score (nSPS) is 13.0. The van der Waals surface area contributed by atoms with E-state index in [1.807, 2.05) is 6.92 Å². The molecule has 1 unspecified atom stereocenters. The van der Waals surface area contributed by atoms with Crippen molar-refractivity contribution < 1.29 is 8.78 Å².